The molecule has 0 saturated carbocycles. The number of phenols is 1. The Morgan fingerprint density at radius 3 is 2.69 bits per heavy atom. The number of nitrogens with zero attached hydrogens (tertiary/aromatic N) is 2. The highest BCUT2D eigenvalue weighted by Crippen LogP contribution is 2.36. The number of benzene rings is 2. The van der Waals surface area contributed by atoms with Gasteiger partial charge < -0.3 is 10.4 Å². The van der Waals surface area contributed by atoms with Crippen LogP contribution in [-0.4, -0.2) is 26.7 Å². The lowest BCUT2D eigenvalue weighted by molar-refractivity contribution is -0.113. The molecule has 2 heterocycles. The third kappa shape index (κ3) is 4.41. The Morgan fingerprint density at radius 2 is 1.90 bits per heavy atom. The lowest BCUT2D eigenvalue weighted by Crippen LogP contribution is -2.14. The molecule has 2 aromatic heterocycles. The summed E-state index contributed by atoms with van der Waals surface area (Å²) in [5.41, 5.74) is 2.52. The average molecular weight is 422 g/mol. The summed E-state index contributed by atoms with van der Waals surface area (Å²) in [5, 5.41) is 14.4. The van der Waals surface area contributed by atoms with Crippen LogP contribution >= 0.6 is 23.1 Å². The van der Waals surface area contributed by atoms with Crippen LogP contribution in [0.15, 0.2) is 59.6 Å². The molecule has 146 valence electrons. The van der Waals surface area contributed by atoms with Crippen LogP contribution < -0.4 is 5.32 Å². The summed E-state index contributed by atoms with van der Waals surface area (Å²) >= 11 is 2.99. The topological polar surface area (TPSA) is 75.1 Å². The van der Waals surface area contributed by atoms with E-state index >= 15 is 0 Å². The molecule has 29 heavy (non-hydrogen) atoms. The zero-order chi connectivity index (χ0) is 20.4. The van der Waals surface area contributed by atoms with Gasteiger partial charge in [0.15, 0.2) is 0 Å². The van der Waals surface area contributed by atoms with Crippen molar-refractivity contribution >= 4 is 44.9 Å². The molecular weight excluding hydrogens is 402 g/mol. The molecule has 0 aliphatic rings. The van der Waals surface area contributed by atoms with E-state index in [0.717, 1.165) is 31.2 Å². The van der Waals surface area contributed by atoms with E-state index in [1.807, 2.05) is 32.0 Å². The van der Waals surface area contributed by atoms with E-state index in [2.05, 4.69) is 33.5 Å². The van der Waals surface area contributed by atoms with Crippen molar-refractivity contribution in [2.24, 2.45) is 0 Å². The number of hydrogen-bond donors (Lipinski definition) is 2. The predicted octanol–water partition coefficient (Wildman–Crippen LogP) is 5.41. The van der Waals surface area contributed by atoms with Gasteiger partial charge in [-0.3, -0.25) is 4.79 Å². The van der Waals surface area contributed by atoms with Crippen molar-refractivity contribution in [1.82, 2.24) is 9.97 Å². The number of aryl methyl sites for hydroxylation is 2. The molecule has 0 unspecified atom stereocenters. The Hall–Kier alpha value is -2.90. The van der Waals surface area contributed by atoms with E-state index in [-0.39, 0.29) is 17.4 Å². The molecule has 0 aliphatic heterocycles. The smallest absolute Gasteiger partial charge is 0.234 e. The number of rotatable bonds is 5. The molecule has 0 bridgehead atoms. The van der Waals surface area contributed by atoms with Crippen LogP contribution in [0.2, 0.25) is 0 Å². The Morgan fingerprint density at radius 1 is 1.10 bits per heavy atom. The van der Waals surface area contributed by atoms with Crippen LogP contribution in [0.5, 0.6) is 5.75 Å². The Kier molecular flexibility index (Phi) is 5.51. The number of carbonyl (C=O) groups is 1. The van der Waals surface area contributed by atoms with Crippen molar-refractivity contribution in [1.29, 1.82) is 0 Å². The largest absolute Gasteiger partial charge is 0.506 e. The summed E-state index contributed by atoms with van der Waals surface area (Å²) in [6.07, 6.45) is 0. The van der Waals surface area contributed by atoms with E-state index in [4.69, 9.17) is 0 Å². The fourth-order valence-electron chi connectivity index (χ4n) is 2.92. The van der Waals surface area contributed by atoms with Gasteiger partial charge in [0.1, 0.15) is 21.4 Å². The van der Waals surface area contributed by atoms with E-state index in [9.17, 15) is 9.90 Å². The molecule has 4 rings (SSSR count). The fourth-order valence-corrected chi connectivity index (χ4v) is 4.92. The van der Waals surface area contributed by atoms with Crippen molar-refractivity contribution in [3.8, 4) is 16.2 Å². The van der Waals surface area contributed by atoms with Gasteiger partial charge in [0.05, 0.1) is 11.4 Å². The van der Waals surface area contributed by atoms with Crippen LogP contribution in [-0.2, 0) is 4.79 Å². The number of carbonyl (C=O) groups excluding carboxylic acids is 1. The molecule has 4 aromatic rings. The van der Waals surface area contributed by atoms with E-state index in [1.54, 1.807) is 29.5 Å². The quantitative estimate of drug-likeness (QED) is 0.256. The molecule has 0 saturated heterocycles. The van der Waals surface area contributed by atoms with Gasteiger partial charge in [0.25, 0.3) is 0 Å². The monoisotopic (exact) mass is 421 g/mol. The molecule has 2 N–H and O–H groups in total. The van der Waals surface area contributed by atoms with E-state index in [1.165, 1.54) is 11.8 Å². The third-order valence-electron chi connectivity index (χ3n) is 4.29. The number of nitrogens with one attached hydrogen (secondary N) is 1. The summed E-state index contributed by atoms with van der Waals surface area (Å²) in [4.78, 5) is 23.6. The Bertz CT molecular complexity index is 1190. The highest BCUT2D eigenvalue weighted by atomic mass is 32.2. The Balaban J connectivity index is 1.55. The number of thiophene rings is 1. The number of aromatic nitrogens is 2. The van der Waals surface area contributed by atoms with Crippen molar-refractivity contribution in [3.05, 3.63) is 66.0 Å². The van der Waals surface area contributed by atoms with Gasteiger partial charge in [0.2, 0.25) is 5.91 Å². The molecule has 1 amide bonds. The van der Waals surface area contributed by atoms with Gasteiger partial charge >= 0.3 is 0 Å². The number of thioether (sulfide) groups is 1. The number of aromatic hydroxyl groups is 1. The fraction of sp³-hybridized carbons (Fsp3) is 0.136. The maximum absolute atomic E-state index is 12.4. The number of hydrogen-bond acceptors (Lipinski definition) is 6. The second-order valence-electron chi connectivity index (χ2n) is 6.63. The highest BCUT2D eigenvalue weighted by molar-refractivity contribution is 8.00. The maximum Gasteiger partial charge on any atom is 0.234 e. The number of phenolic OH excluding ortho intramolecular Hbond substituents is 1. The lowest BCUT2D eigenvalue weighted by atomic mass is 10.2. The zero-order valence-electron chi connectivity index (χ0n) is 16.0. The first kappa shape index (κ1) is 19.4. The maximum atomic E-state index is 12.4. The van der Waals surface area contributed by atoms with Crippen molar-refractivity contribution < 1.29 is 9.90 Å². The van der Waals surface area contributed by atoms with Crippen LogP contribution in [0.1, 0.15) is 11.4 Å². The van der Waals surface area contributed by atoms with Gasteiger partial charge in [0, 0.05) is 10.3 Å². The van der Waals surface area contributed by atoms with Gasteiger partial charge in [-0.15, -0.1) is 11.3 Å². The summed E-state index contributed by atoms with van der Waals surface area (Å²) in [6, 6.07) is 17.4. The first-order valence-corrected chi connectivity index (χ1v) is 10.9. The van der Waals surface area contributed by atoms with E-state index < -0.39 is 0 Å². The molecule has 2 aromatic carbocycles. The highest BCUT2D eigenvalue weighted by Gasteiger charge is 2.14. The standard InChI is InChI=1S/C22H19N3O2S2/c1-13-8-9-18(26)17(10-13)25-20(27)12-28-21-16-11-19(15-6-4-3-5-7-15)29-22(16)24-14(2)23-21/h3-11,26H,12H2,1-2H3,(H,25,27). The molecule has 0 spiro atoms. The summed E-state index contributed by atoms with van der Waals surface area (Å²) in [7, 11) is 0. The molecule has 0 fully saturated rings. The van der Waals surface area contributed by atoms with Crippen LogP contribution in [0.3, 0.4) is 0 Å². The second-order valence-corrected chi connectivity index (χ2v) is 8.62. The predicted molar refractivity (Wildman–Crippen MR) is 120 cm³/mol. The summed E-state index contributed by atoms with van der Waals surface area (Å²) in [5.74, 6) is 0.728. The van der Waals surface area contributed by atoms with Gasteiger partial charge in [-0.25, -0.2) is 9.97 Å². The molecular formula is C22H19N3O2S2. The molecule has 0 radical (unpaired) electrons. The van der Waals surface area contributed by atoms with Crippen LogP contribution in [0.25, 0.3) is 20.7 Å². The number of fused-ring (bicyclic) bond motifs is 1. The van der Waals surface area contributed by atoms with Crippen molar-refractivity contribution in [3.63, 3.8) is 0 Å². The van der Waals surface area contributed by atoms with Gasteiger partial charge in [-0.1, -0.05) is 48.2 Å². The first-order valence-electron chi connectivity index (χ1n) is 9.05. The minimum Gasteiger partial charge on any atom is -0.506 e. The minimum atomic E-state index is -0.196. The van der Waals surface area contributed by atoms with Crippen molar-refractivity contribution in [2.45, 2.75) is 18.9 Å². The molecule has 7 heteroatoms. The molecule has 0 atom stereocenters. The second kappa shape index (κ2) is 8.23. The lowest BCUT2D eigenvalue weighted by Gasteiger charge is -2.08. The zero-order valence-corrected chi connectivity index (χ0v) is 17.6. The molecule has 0 aliphatic carbocycles. The SMILES string of the molecule is Cc1ccc(O)c(NC(=O)CSc2nc(C)nc3sc(-c4ccccc4)cc23)c1. The normalized spacial score (nSPS) is 11.0. The first-order chi connectivity index (χ1) is 14.0. The Labute approximate surface area is 176 Å². The van der Waals surface area contributed by atoms with Crippen LogP contribution in [0, 0.1) is 13.8 Å². The molecule has 5 nitrogen and oxygen atoms in total. The third-order valence-corrected chi connectivity index (χ3v) is 6.36. The average Bonchev–Trinajstić information content (AvgIpc) is 3.13. The minimum absolute atomic E-state index is 0.0551. The van der Waals surface area contributed by atoms with Gasteiger partial charge in [-0.2, -0.15) is 0 Å². The summed E-state index contributed by atoms with van der Waals surface area (Å²) < 4.78 is 0. The number of anilines is 1. The summed E-state index contributed by atoms with van der Waals surface area (Å²) in [6.45, 7) is 3.77. The van der Waals surface area contributed by atoms with E-state index in [0.29, 0.717) is 11.5 Å². The van der Waals surface area contributed by atoms with Crippen molar-refractivity contribution in [2.75, 3.05) is 11.1 Å². The number of amides is 1. The van der Waals surface area contributed by atoms with Crippen LogP contribution in [0.4, 0.5) is 5.69 Å². The van der Waals surface area contributed by atoms with Gasteiger partial charge in [-0.05, 0) is 43.2 Å².